The first-order chi connectivity index (χ1) is 6.70. The zero-order valence-corrected chi connectivity index (χ0v) is 13.5. The van der Waals surface area contributed by atoms with Gasteiger partial charge in [-0.3, -0.25) is 4.98 Å². The Morgan fingerprint density at radius 3 is 2.12 bits per heavy atom. The van der Waals surface area contributed by atoms with Gasteiger partial charge in [-0.05, 0) is 12.1 Å². The van der Waals surface area contributed by atoms with Crippen LogP contribution in [0.2, 0.25) is 0 Å². The summed E-state index contributed by atoms with van der Waals surface area (Å²) in [5, 5.41) is 1.20. The summed E-state index contributed by atoms with van der Waals surface area (Å²) in [7, 11) is -3.12. The Morgan fingerprint density at radius 2 is 1.56 bits per heavy atom. The van der Waals surface area contributed by atoms with E-state index in [2.05, 4.69) is 17.1 Å². The molecular formula is C9H8CuKNO3P. The zero-order valence-electron chi connectivity index (χ0n) is 8.50. The van der Waals surface area contributed by atoms with Crippen LogP contribution in [0.3, 0.4) is 0 Å². The number of hydrogen-bond donors (Lipinski definition) is 1. The van der Waals surface area contributed by atoms with E-state index in [1.165, 1.54) is 5.39 Å². The normalized spacial score (nSPS) is 8.50. The Labute approximate surface area is 148 Å². The fourth-order valence-corrected chi connectivity index (χ4v) is 1.02. The predicted octanol–water partition coefficient (Wildman–Crippen LogP) is -2.84. The molecule has 2 rings (SSSR count). The van der Waals surface area contributed by atoms with Crippen molar-refractivity contribution in [2.75, 3.05) is 0 Å². The van der Waals surface area contributed by atoms with Crippen LogP contribution >= 0.6 is 8.60 Å². The fourth-order valence-electron chi connectivity index (χ4n) is 1.02. The Morgan fingerprint density at radius 1 is 1.06 bits per heavy atom. The molecule has 0 amide bonds. The van der Waals surface area contributed by atoms with E-state index >= 15 is 0 Å². The summed E-state index contributed by atoms with van der Waals surface area (Å²) < 4.78 is 0. The smallest absolute Gasteiger partial charge is 0.820 e. The Hall–Kier alpha value is 1.10. The number of para-hydroxylation sites is 1. The summed E-state index contributed by atoms with van der Waals surface area (Å²) in [6.07, 6.45) is 1.81. The molecule has 2 aromatic rings. The largest absolute Gasteiger partial charge is 1.00 e. The zero-order chi connectivity index (χ0) is 10.4. The average Bonchev–Trinajstić information content (AvgIpc) is 2.17. The molecule has 0 aliphatic rings. The molecule has 0 atom stereocenters. The SMILES string of the molecule is [Cu+].[K+].[O-]P([O-])O.c1ccc2ncccc2c1. The molecule has 16 heavy (non-hydrogen) atoms. The van der Waals surface area contributed by atoms with Crippen LogP contribution in [0.15, 0.2) is 42.6 Å². The second-order valence-electron chi connectivity index (χ2n) is 2.43. The van der Waals surface area contributed by atoms with Crippen molar-refractivity contribution in [3.8, 4) is 0 Å². The van der Waals surface area contributed by atoms with Crippen LogP contribution in [0, 0.1) is 0 Å². The summed E-state index contributed by atoms with van der Waals surface area (Å²) in [6.45, 7) is 0. The van der Waals surface area contributed by atoms with Gasteiger partial charge in [0.2, 0.25) is 0 Å². The minimum atomic E-state index is -3.12. The van der Waals surface area contributed by atoms with Gasteiger partial charge < -0.3 is 14.7 Å². The van der Waals surface area contributed by atoms with Crippen molar-refractivity contribution in [2.45, 2.75) is 0 Å². The van der Waals surface area contributed by atoms with Crippen molar-refractivity contribution in [3.05, 3.63) is 42.6 Å². The number of benzene rings is 1. The average molecular weight is 312 g/mol. The molecule has 0 saturated heterocycles. The number of hydrogen-bond acceptors (Lipinski definition) is 4. The van der Waals surface area contributed by atoms with Crippen molar-refractivity contribution in [2.24, 2.45) is 0 Å². The Kier molecular flexibility index (Phi) is 13.6. The van der Waals surface area contributed by atoms with Gasteiger partial charge >= 0.3 is 68.5 Å². The van der Waals surface area contributed by atoms with E-state index in [4.69, 9.17) is 14.7 Å². The van der Waals surface area contributed by atoms with Crippen LogP contribution in [0.5, 0.6) is 0 Å². The molecule has 4 nitrogen and oxygen atoms in total. The van der Waals surface area contributed by atoms with Crippen LogP contribution in [0.25, 0.3) is 10.9 Å². The van der Waals surface area contributed by atoms with Gasteiger partial charge in [0.1, 0.15) is 0 Å². The van der Waals surface area contributed by atoms with Crippen molar-refractivity contribution in [1.82, 2.24) is 4.98 Å². The molecule has 0 radical (unpaired) electrons. The van der Waals surface area contributed by atoms with Gasteiger partial charge in [0.15, 0.2) is 0 Å². The van der Waals surface area contributed by atoms with Gasteiger partial charge in [0, 0.05) is 11.6 Å². The molecule has 1 N–H and O–H groups in total. The summed E-state index contributed by atoms with van der Waals surface area (Å²) in [5.41, 5.74) is 1.06. The third-order valence-corrected chi connectivity index (χ3v) is 1.51. The molecule has 84 valence electrons. The third kappa shape index (κ3) is 8.23. The van der Waals surface area contributed by atoms with E-state index in [9.17, 15) is 0 Å². The number of fused-ring (bicyclic) bond motifs is 1. The predicted molar refractivity (Wildman–Crippen MR) is 50.9 cm³/mol. The van der Waals surface area contributed by atoms with Crippen LogP contribution < -0.4 is 61.2 Å². The minimum absolute atomic E-state index is 0. The number of aromatic nitrogens is 1. The molecule has 0 aliphatic carbocycles. The van der Waals surface area contributed by atoms with Crippen LogP contribution in [0.1, 0.15) is 0 Å². The van der Waals surface area contributed by atoms with E-state index in [-0.39, 0.29) is 68.5 Å². The van der Waals surface area contributed by atoms with Crippen LogP contribution in [-0.4, -0.2) is 9.88 Å². The first-order valence-corrected chi connectivity index (χ1v) is 4.96. The van der Waals surface area contributed by atoms with Gasteiger partial charge in [0.05, 0.1) is 5.52 Å². The first kappa shape index (κ1) is 19.4. The van der Waals surface area contributed by atoms with Crippen LogP contribution in [0.4, 0.5) is 0 Å². The maximum atomic E-state index is 8.59. The molecule has 0 fully saturated rings. The standard InChI is InChI=1S/C9H7N.Cu.K.HO3P/c1-2-6-9-8(4-1)5-3-7-10-9;;;1-4(2)3/h1-7H;;;1H/q;2*+1;-2. The Bertz CT molecular complexity index is 337. The van der Waals surface area contributed by atoms with Gasteiger partial charge in [-0.2, -0.15) is 8.60 Å². The summed E-state index contributed by atoms with van der Waals surface area (Å²) >= 11 is 0. The van der Waals surface area contributed by atoms with Crippen molar-refractivity contribution < 1.29 is 83.1 Å². The van der Waals surface area contributed by atoms with E-state index in [1.54, 1.807) is 0 Å². The van der Waals surface area contributed by atoms with Gasteiger partial charge in [-0.15, -0.1) is 0 Å². The quantitative estimate of drug-likeness (QED) is 0.420. The molecule has 0 spiro atoms. The molecule has 1 aromatic carbocycles. The van der Waals surface area contributed by atoms with Crippen LogP contribution in [-0.2, 0) is 17.1 Å². The minimum Gasteiger partial charge on any atom is -0.820 e. The van der Waals surface area contributed by atoms with E-state index in [0.29, 0.717) is 0 Å². The second-order valence-corrected chi connectivity index (χ2v) is 2.91. The van der Waals surface area contributed by atoms with Gasteiger partial charge in [-0.25, -0.2) is 0 Å². The van der Waals surface area contributed by atoms with Crippen molar-refractivity contribution in [3.63, 3.8) is 0 Å². The van der Waals surface area contributed by atoms with Crippen molar-refractivity contribution >= 4 is 19.5 Å². The molecule has 1 heterocycles. The second kappa shape index (κ2) is 11.2. The monoisotopic (exact) mass is 311 g/mol. The fraction of sp³-hybridized carbons (Fsp3) is 0. The number of pyridine rings is 1. The first-order valence-electron chi connectivity index (χ1n) is 3.83. The van der Waals surface area contributed by atoms with Gasteiger partial charge in [0.25, 0.3) is 0 Å². The summed E-state index contributed by atoms with van der Waals surface area (Å²) in [5.74, 6) is 0. The Balaban J connectivity index is 0. The topological polar surface area (TPSA) is 79.2 Å². The van der Waals surface area contributed by atoms with E-state index < -0.39 is 8.60 Å². The molecule has 0 bridgehead atoms. The van der Waals surface area contributed by atoms with E-state index in [1.807, 2.05) is 30.5 Å². The molecular weight excluding hydrogens is 304 g/mol. The maximum absolute atomic E-state index is 8.59. The third-order valence-electron chi connectivity index (χ3n) is 1.51. The molecule has 0 aliphatic heterocycles. The van der Waals surface area contributed by atoms with Gasteiger partial charge in [-0.1, -0.05) is 24.3 Å². The molecule has 0 unspecified atom stereocenters. The summed E-state index contributed by atoms with van der Waals surface area (Å²) in [4.78, 5) is 28.4. The molecule has 1 aromatic heterocycles. The molecule has 0 saturated carbocycles. The molecule has 7 heteroatoms. The van der Waals surface area contributed by atoms with E-state index in [0.717, 1.165) is 5.52 Å². The number of rotatable bonds is 0. The number of nitrogens with zero attached hydrogens (tertiary/aromatic N) is 1. The van der Waals surface area contributed by atoms with Crippen molar-refractivity contribution in [1.29, 1.82) is 0 Å². The maximum Gasteiger partial charge on any atom is 1.00 e. The summed E-state index contributed by atoms with van der Waals surface area (Å²) in [6, 6.07) is 12.1.